The van der Waals surface area contributed by atoms with Crippen LogP contribution in [0.1, 0.15) is 64.0 Å². The molecule has 0 aliphatic carbocycles. The van der Waals surface area contributed by atoms with Gasteiger partial charge in [-0.1, -0.05) is 56.8 Å². The fourth-order valence-corrected chi connectivity index (χ4v) is 6.67. The van der Waals surface area contributed by atoms with E-state index in [0.29, 0.717) is 16.7 Å². The highest BCUT2D eigenvalue weighted by atomic mass is 32.2. The summed E-state index contributed by atoms with van der Waals surface area (Å²) in [6, 6.07) is 18.8. The first kappa shape index (κ1) is 34.8. The van der Waals surface area contributed by atoms with Gasteiger partial charge in [-0.25, -0.2) is 14.5 Å². The molecule has 5 rings (SSSR count). The number of urea groups is 1. The van der Waals surface area contributed by atoms with Gasteiger partial charge < -0.3 is 19.7 Å². The molecule has 254 valence electrons. The minimum absolute atomic E-state index is 0.0192. The van der Waals surface area contributed by atoms with Crippen molar-refractivity contribution in [3.05, 3.63) is 84.2 Å². The zero-order valence-electron chi connectivity index (χ0n) is 27.7. The van der Waals surface area contributed by atoms with Crippen molar-refractivity contribution in [2.75, 3.05) is 17.8 Å². The molecule has 4 aromatic rings. The van der Waals surface area contributed by atoms with Crippen LogP contribution in [0, 0.1) is 0 Å². The van der Waals surface area contributed by atoms with Gasteiger partial charge in [-0.3, -0.25) is 0 Å². The number of carbonyl (C=O) groups excluding carboxylic acids is 1. The van der Waals surface area contributed by atoms with Gasteiger partial charge in [0.15, 0.2) is 11.0 Å². The lowest BCUT2D eigenvalue weighted by Gasteiger charge is -2.37. The number of methoxy groups -OCH3 is 1. The molecule has 1 fully saturated rings. The lowest BCUT2D eigenvalue weighted by Crippen LogP contribution is -2.43. The summed E-state index contributed by atoms with van der Waals surface area (Å²) in [5, 5.41) is 8.22. The number of amidine groups is 1. The van der Waals surface area contributed by atoms with Crippen LogP contribution in [0.3, 0.4) is 0 Å². The van der Waals surface area contributed by atoms with E-state index in [1.165, 1.54) is 35.3 Å². The maximum absolute atomic E-state index is 13.3. The molecule has 0 bridgehead atoms. The lowest BCUT2D eigenvalue weighted by molar-refractivity contribution is -0.274. The SMILES string of the molecule is COc1ccc(N2/C(=N/C(=O)NC(C)C(C)c3ccc(-c4ncn(-c5ccc(OC(F)(F)F)cc5)n4)cc3)SCCC2C)c(C(C)C)c1. The third kappa shape index (κ3) is 8.30. The molecule has 0 saturated carbocycles. The molecule has 1 aromatic heterocycles. The van der Waals surface area contributed by atoms with Gasteiger partial charge in [0.05, 0.1) is 12.8 Å². The standard InChI is InChI=1S/C35H39F3N6O3S/c1-21(2)30-19-29(46-6)15-16-31(30)44-22(3)17-18-48-34(44)41-33(45)40-24(5)23(4)25-7-9-26(10-8-25)32-39-20-43(42-32)27-11-13-28(14-12-27)47-35(36,37)38/h7-16,19-24H,17-18H2,1-6H3,(H,40,45)/b41-34-. The summed E-state index contributed by atoms with van der Waals surface area (Å²) in [5.41, 5.74) is 4.49. The number of carbonyl (C=O) groups is 1. The summed E-state index contributed by atoms with van der Waals surface area (Å²) >= 11 is 1.59. The van der Waals surface area contributed by atoms with E-state index in [1.54, 1.807) is 18.9 Å². The number of hydrogen-bond donors (Lipinski definition) is 1. The Morgan fingerprint density at radius 2 is 1.71 bits per heavy atom. The fourth-order valence-electron chi connectivity index (χ4n) is 5.46. The number of nitrogens with zero attached hydrogens (tertiary/aromatic N) is 5. The first-order chi connectivity index (χ1) is 22.8. The molecule has 1 aliphatic rings. The number of halogens is 3. The summed E-state index contributed by atoms with van der Waals surface area (Å²) in [5.74, 6) is 2.06. The Morgan fingerprint density at radius 3 is 2.35 bits per heavy atom. The first-order valence-corrected chi connectivity index (χ1v) is 16.7. The van der Waals surface area contributed by atoms with Crippen LogP contribution in [0.5, 0.6) is 11.5 Å². The van der Waals surface area contributed by atoms with Crippen molar-refractivity contribution in [2.24, 2.45) is 4.99 Å². The summed E-state index contributed by atoms with van der Waals surface area (Å²) in [7, 11) is 1.66. The zero-order chi connectivity index (χ0) is 34.6. The van der Waals surface area contributed by atoms with E-state index >= 15 is 0 Å². The second kappa shape index (κ2) is 14.7. The number of ether oxygens (including phenoxy) is 2. The molecular formula is C35H39F3N6O3S. The monoisotopic (exact) mass is 680 g/mol. The van der Waals surface area contributed by atoms with E-state index in [0.717, 1.165) is 40.3 Å². The topological polar surface area (TPSA) is 93.9 Å². The van der Waals surface area contributed by atoms with Crippen LogP contribution in [-0.4, -0.2) is 57.3 Å². The highest BCUT2D eigenvalue weighted by Gasteiger charge is 2.31. The van der Waals surface area contributed by atoms with Gasteiger partial charge in [0.25, 0.3) is 0 Å². The van der Waals surface area contributed by atoms with Gasteiger partial charge in [-0.15, -0.1) is 18.3 Å². The molecular weight excluding hydrogens is 641 g/mol. The minimum atomic E-state index is -4.76. The van der Waals surface area contributed by atoms with Crippen molar-refractivity contribution in [1.82, 2.24) is 20.1 Å². The molecule has 0 radical (unpaired) electrons. The number of hydrogen-bond acceptors (Lipinski definition) is 6. The number of nitrogens with one attached hydrogen (secondary N) is 1. The Hall–Kier alpha value is -4.52. The molecule has 13 heteroatoms. The predicted octanol–water partition coefficient (Wildman–Crippen LogP) is 8.55. The summed E-state index contributed by atoms with van der Waals surface area (Å²) in [6.07, 6.45) is -2.29. The van der Waals surface area contributed by atoms with Gasteiger partial charge in [-0.05, 0) is 79.8 Å². The number of aromatic nitrogens is 3. The van der Waals surface area contributed by atoms with Crippen molar-refractivity contribution in [3.63, 3.8) is 0 Å². The zero-order valence-corrected chi connectivity index (χ0v) is 28.5. The molecule has 3 atom stereocenters. The van der Waals surface area contributed by atoms with E-state index in [1.807, 2.05) is 50.2 Å². The summed E-state index contributed by atoms with van der Waals surface area (Å²) in [6.45, 7) is 10.4. The maximum atomic E-state index is 13.3. The Labute approximate surface area is 282 Å². The van der Waals surface area contributed by atoms with Crippen LogP contribution in [-0.2, 0) is 0 Å². The van der Waals surface area contributed by atoms with Gasteiger partial charge in [0, 0.05) is 35.0 Å². The van der Waals surface area contributed by atoms with Crippen molar-refractivity contribution < 1.29 is 27.4 Å². The lowest BCUT2D eigenvalue weighted by atomic mass is 9.93. The van der Waals surface area contributed by atoms with Crippen LogP contribution < -0.4 is 19.7 Å². The van der Waals surface area contributed by atoms with Crippen LogP contribution >= 0.6 is 11.8 Å². The Kier molecular flexibility index (Phi) is 10.7. The van der Waals surface area contributed by atoms with E-state index in [-0.39, 0.29) is 35.7 Å². The van der Waals surface area contributed by atoms with Gasteiger partial charge >= 0.3 is 12.4 Å². The molecule has 1 saturated heterocycles. The van der Waals surface area contributed by atoms with Gasteiger partial charge in [0.2, 0.25) is 0 Å². The highest BCUT2D eigenvalue weighted by molar-refractivity contribution is 8.14. The third-order valence-corrected chi connectivity index (χ3v) is 9.34. The Balaban J connectivity index is 1.25. The van der Waals surface area contributed by atoms with Gasteiger partial charge in [0.1, 0.15) is 17.8 Å². The number of thioether (sulfide) groups is 1. The van der Waals surface area contributed by atoms with Crippen LogP contribution in [0.25, 0.3) is 17.1 Å². The molecule has 2 heterocycles. The van der Waals surface area contributed by atoms with E-state index < -0.39 is 6.36 Å². The molecule has 3 unspecified atom stereocenters. The van der Waals surface area contributed by atoms with Crippen LogP contribution in [0.2, 0.25) is 0 Å². The minimum Gasteiger partial charge on any atom is -0.497 e. The number of aliphatic imine (C=N–C) groups is 1. The van der Waals surface area contributed by atoms with Crippen LogP contribution in [0.4, 0.5) is 23.7 Å². The maximum Gasteiger partial charge on any atom is 0.573 e. The normalized spacial score (nSPS) is 17.3. The van der Waals surface area contributed by atoms with Crippen molar-refractivity contribution in [2.45, 2.75) is 71.3 Å². The predicted molar refractivity (Wildman–Crippen MR) is 183 cm³/mol. The Morgan fingerprint density at radius 1 is 1.02 bits per heavy atom. The second-order valence-electron chi connectivity index (χ2n) is 12.0. The number of amides is 2. The van der Waals surface area contributed by atoms with E-state index in [9.17, 15) is 18.0 Å². The van der Waals surface area contributed by atoms with E-state index in [2.05, 4.69) is 56.9 Å². The summed E-state index contributed by atoms with van der Waals surface area (Å²) < 4.78 is 48.3. The largest absolute Gasteiger partial charge is 0.573 e. The summed E-state index contributed by atoms with van der Waals surface area (Å²) in [4.78, 5) is 24.3. The average Bonchev–Trinajstić information content (AvgIpc) is 3.54. The Bertz CT molecular complexity index is 1740. The number of anilines is 1. The van der Waals surface area contributed by atoms with E-state index in [4.69, 9.17) is 4.74 Å². The quantitative estimate of drug-likeness (QED) is 0.189. The van der Waals surface area contributed by atoms with Crippen molar-refractivity contribution >= 4 is 28.6 Å². The number of rotatable bonds is 9. The molecule has 1 aliphatic heterocycles. The van der Waals surface area contributed by atoms with Gasteiger partial charge in [-0.2, -0.15) is 4.99 Å². The first-order valence-electron chi connectivity index (χ1n) is 15.7. The molecule has 0 spiro atoms. The molecule has 3 aromatic carbocycles. The smallest absolute Gasteiger partial charge is 0.497 e. The fraction of sp³-hybridized carbons (Fsp3) is 0.371. The third-order valence-electron chi connectivity index (χ3n) is 8.35. The second-order valence-corrected chi connectivity index (χ2v) is 13.1. The highest BCUT2D eigenvalue weighted by Crippen LogP contribution is 2.37. The average molecular weight is 681 g/mol. The van der Waals surface area contributed by atoms with Crippen molar-refractivity contribution in [1.29, 1.82) is 0 Å². The van der Waals surface area contributed by atoms with Crippen molar-refractivity contribution in [3.8, 4) is 28.6 Å². The van der Waals surface area contributed by atoms with Crippen LogP contribution in [0.15, 0.2) is 78.0 Å². The molecule has 48 heavy (non-hydrogen) atoms. The molecule has 9 nitrogen and oxygen atoms in total. The molecule has 2 amide bonds. The number of benzene rings is 3. The molecule has 1 N–H and O–H groups in total. The number of alkyl halides is 3.